The predicted octanol–water partition coefficient (Wildman–Crippen LogP) is 3.10. The van der Waals surface area contributed by atoms with Crippen LogP contribution in [0.25, 0.3) is 0 Å². The van der Waals surface area contributed by atoms with Crippen LogP contribution < -0.4 is 16.0 Å². The first-order chi connectivity index (χ1) is 17.8. The van der Waals surface area contributed by atoms with E-state index < -0.39 is 5.79 Å². The van der Waals surface area contributed by atoms with Crippen LogP contribution >= 0.6 is 0 Å². The molecule has 1 unspecified atom stereocenters. The number of aldehydes is 1. The number of ether oxygens (including phenoxy) is 3. The van der Waals surface area contributed by atoms with Gasteiger partial charge in [-0.15, -0.1) is 0 Å². The molecule has 1 aliphatic carbocycles. The maximum atomic E-state index is 11.5. The quantitative estimate of drug-likeness (QED) is 0.115. The average molecular weight is 780 g/mol. The van der Waals surface area contributed by atoms with Crippen LogP contribution in [0.15, 0.2) is 24.3 Å². The van der Waals surface area contributed by atoms with Crippen LogP contribution in [0.5, 0.6) is 0 Å². The van der Waals surface area contributed by atoms with Crippen molar-refractivity contribution >= 4 is 30.7 Å². The van der Waals surface area contributed by atoms with Gasteiger partial charge < -0.3 is 39.8 Å². The minimum absolute atomic E-state index is 0. The van der Waals surface area contributed by atoms with Gasteiger partial charge in [0.25, 0.3) is 0 Å². The molecule has 1 aromatic rings. The zero-order chi connectivity index (χ0) is 27.9. The first kappa shape index (κ1) is 36.3. The molecule has 1 fully saturated rings. The molecule has 10 nitrogen and oxygen atoms in total. The SMILES string of the molecule is CC(C)C(C)N[C-]=O.CCOC.O=CCOC1(OCc2ccc(NC(=O)CNC=O)cc2)CCCCC1.[Fm]. The summed E-state index contributed by atoms with van der Waals surface area (Å²) in [5.74, 6) is -0.469. The summed E-state index contributed by atoms with van der Waals surface area (Å²) in [6.07, 6.45) is 7.66. The fourth-order valence-electron chi connectivity index (χ4n) is 3.11. The number of methoxy groups -OCH3 is 1. The molecule has 0 heterocycles. The number of hydrogen-bond acceptors (Lipinski definition) is 7. The summed E-state index contributed by atoms with van der Waals surface area (Å²) in [6, 6.07) is 7.51. The molecule has 0 radical (unpaired) electrons. The van der Waals surface area contributed by atoms with Gasteiger partial charge in [-0.25, -0.2) is 0 Å². The maximum absolute atomic E-state index is 11.5. The van der Waals surface area contributed by atoms with Crippen LogP contribution in [0, 0.1) is 5.92 Å². The standard InChI is InChI=1S/C18H24N2O5.C6H12NO.C3H8O.Fm/c21-10-11-24-18(8-2-1-3-9-18)25-13-15-4-6-16(7-5-15)20-17(23)12-19-14-22;1-5(2)6(3)7-4-8;1-3-4-2;/h4-7,10,14H,1-3,8-9,11-13H2,(H,19,22)(H,20,23);5-6H,1-3H3,(H,7,8);3H2,1-2H3;/q;-1;;. The van der Waals surface area contributed by atoms with Crippen molar-refractivity contribution in [1.82, 2.24) is 10.6 Å². The van der Waals surface area contributed by atoms with Crippen LogP contribution in [-0.2, 0) is 40.0 Å². The molecule has 38 heavy (non-hydrogen) atoms. The van der Waals surface area contributed by atoms with Crippen molar-refractivity contribution in [2.75, 3.05) is 32.2 Å². The number of anilines is 1. The fourth-order valence-corrected chi connectivity index (χ4v) is 3.11. The zero-order valence-electron chi connectivity index (χ0n) is 23.1. The number of hydrogen-bond donors (Lipinski definition) is 3. The Morgan fingerprint density at radius 2 is 1.68 bits per heavy atom. The first-order valence-electron chi connectivity index (χ1n) is 12.7. The number of carbonyl (C=O) groups excluding carboxylic acids is 4. The molecule has 0 bridgehead atoms. The van der Waals surface area contributed by atoms with Crippen LogP contribution in [0.4, 0.5) is 5.69 Å². The third kappa shape index (κ3) is 16.8. The predicted molar refractivity (Wildman–Crippen MR) is 142 cm³/mol. The Morgan fingerprint density at radius 3 is 2.13 bits per heavy atom. The molecule has 1 atom stereocenters. The molecule has 0 spiro atoms. The molecule has 0 saturated heterocycles. The molecular formula is C27H44FmN3O7-. The van der Waals surface area contributed by atoms with E-state index in [2.05, 4.69) is 34.5 Å². The van der Waals surface area contributed by atoms with Crippen LogP contribution in [-0.4, -0.2) is 63.7 Å². The van der Waals surface area contributed by atoms with Crippen molar-refractivity contribution < 1.29 is 33.4 Å². The van der Waals surface area contributed by atoms with E-state index >= 15 is 0 Å². The molecular weight excluding hydrogens is 735 g/mol. The maximum Gasteiger partial charge on any atom is 0.243 e. The van der Waals surface area contributed by atoms with Crippen molar-refractivity contribution in [3.05, 3.63) is 29.8 Å². The van der Waals surface area contributed by atoms with Crippen molar-refractivity contribution in [2.24, 2.45) is 5.92 Å². The monoisotopic (exact) mass is 779 g/mol. The Bertz CT molecular complexity index is 756. The molecule has 1 aromatic carbocycles. The molecule has 1 saturated carbocycles. The van der Waals surface area contributed by atoms with E-state index in [0.29, 0.717) is 24.6 Å². The topological polar surface area (TPSA) is 132 Å². The Hall–Kier alpha value is -3.82. The van der Waals surface area contributed by atoms with E-state index in [1.54, 1.807) is 25.7 Å². The van der Waals surface area contributed by atoms with E-state index in [4.69, 9.17) is 9.47 Å². The number of rotatable bonds is 14. The van der Waals surface area contributed by atoms with Gasteiger partial charge in [-0.2, -0.15) is 6.41 Å². The molecule has 1 aliphatic rings. The van der Waals surface area contributed by atoms with E-state index in [9.17, 15) is 19.2 Å². The smallest absolute Gasteiger partial charge is 0.243 e. The first-order valence-corrected chi connectivity index (χ1v) is 12.7. The van der Waals surface area contributed by atoms with Crippen LogP contribution in [0.3, 0.4) is 0 Å². The molecule has 3 N–H and O–H groups in total. The number of carbonyl (C=O) groups is 3. The number of benzene rings is 1. The zero-order valence-corrected chi connectivity index (χ0v) is 25.5. The summed E-state index contributed by atoms with van der Waals surface area (Å²) < 4.78 is 16.2. The molecule has 0 aromatic heterocycles. The third-order valence-electron chi connectivity index (χ3n) is 5.69. The molecule has 3 amide bonds. The fraction of sp³-hybridized carbons (Fsp3) is 0.630. The number of nitrogens with one attached hydrogen (secondary N) is 3. The molecule has 0 aliphatic heterocycles. The van der Waals surface area contributed by atoms with Gasteiger partial charge in [-0.1, -0.05) is 32.4 Å². The molecule has 222 valence electrons. The second kappa shape index (κ2) is 22.4. The number of amides is 3. The van der Waals surface area contributed by atoms with Gasteiger partial charge in [0, 0.05) is 32.2 Å². The molecule has 2 rings (SSSR count). The van der Waals surface area contributed by atoms with Gasteiger partial charge in [0.1, 0.15) is 12.9 Å². The second-order valence-electron chi connectivity index (χ2n) is 8.84. The van der Waals surface area contributed by atoms with Gasteiger partial charge in [0.05, 0.1) is 13.2 Å². The van der Waals surface area contributed by atoms with Crippen LogP contribution in [0.1, 0.15) is 65.4 Å². The minimum Gasteiger partial charge on any atom is -0.527 e. The van der Waals surface area contributed by atoms with E-state index in [1.165, 1.54) is 0 Å². The van der Waals surface area contributed by atoms with Crippen molar-refractivity contribution in [2.45, 2.75) is 78.2 Å². The van der Waals surface area contributed by atoms with Crippen molar-refractivity contribution in [3.8, 4) is 0 Å². The van der Waals surface area contributed by atoms with Gasteiger partial charge in [0.2, 0.25) is 12.3 Å². The average Bonchev–Trinajstić information content (AvgIpc) is 2.91. The Morgan fingerprint density at radius 1 is 1.08 bits per heavy atom. The summed E-state index contributed by atoms with van der Waals surface area (Å²) in [5, 5.41) is 7.53. The van der Waals surface area contributed by atoms with Gasteiger partial charge >= 0.3 is 0 Å². The summed E-state index contributed by atoms with van der Waals surface area (Å²) >= 11 is 0. The van der Waals surface area contributed by atoms with Gasteiger partial charge in [0.15, 0.2) is 5.79 Å². The van der Waals surface area contributed by atoms with Crippen LogP contribution in [0.2, 0.25) is 0 Å². The van der Waals surface area contributed by atoms with E-state index in [0.717, 1.165) is 50.6 Å². The van der Waals surface area contributed by atoms with E-state index in [1.807, 2.05) is 26.0 Å². The summed E-state index contributed by atoms with van der Waals surface area (Å²) in [6.45, 7) is 9.18. The summed E-state index contributed by atoms with van der Waals surface area (Å²) in [7, 11) is 1.68. The second-order valence-corrected chi connectivity index (χ2v) is 8.84. The Kier molecular flexibility index (Phi) is 21.4. The van der Waals surface area contributed by atoms with Gasteiger partial charge in [-0.3, -0.25) is 9.59 Å². The van der Waals surface area contributed by atoms with Crippen molar-refractivity contribution in [1.29, 1.82) is 0 Å². The van der Waals surface area contributed by atoms with E-state index in [-0.39, 0.29) is 25.1 Å². The normalized spacial score (nSPS) is 14.2. The minimum atomic E-state index is -0.674. The third-order valence-corrected chi connectivity index (χ3v) is 5.69. The van der Waals surface area contributed by atoms with Crippen molar-refractivity contribution in [3.63, 3.8) is 0 Å². The Labute approximate surface area is 221 Å². The largest absolute Gasteiger partial charge is 0.527 e. The summed E-state index contributed by atoms with van der Waals surface area (Å²) in [5.41, 5.74) is 1.59. The Balaban J connectivity index is 0. The molecule has 11 heteroatoms. The summed E-state index contributed by atoms with van der Waals surface area (Å²) in [4.78, 5) is 42.0. The van der Waals surface area contributed by atoms with Gasteiger partial charge in [-0.05, 0) is 56.3 Å².